The fraction of sp³-hybridized carbons (Fsp3) is 0.217. The van der Waals surface area contributed by atoms with Crippen LogP contribution >= 0.6 is 11.8 Å². The third-order valence-corrected chi connectivity index (χ3v) is 6.34. The van der Waals surface area contributed by atoms with Crippen LogP contribution in [0, 0.1) is 6.92 Å². The molecular formula is C23H18F3NO4S. The van der Waals surface area contributed by atoms with Crippen LogP contribution in [0.3, 0.4) is 0 Å². The summed E-state index contributed by atoms with van der Waals surface area (Å²) < 4.78 is 50.2. The smallest absolute Gasteiger partial charge is 0.416 e. The molecule has 1 aliphatic heterocycles. The van der Waals surface area contributed by atoms with E-state index < -0.39 is 17.4 Å². The van der Waals surface area contributed by atoms with Gasteiger partial charge >= 0.3 is 11.8 Å². The van der Waals surface area contributed by atoms with E-state index in [0.717, 1.165) is 17.7 Å². The molecule has 0 unspecified atom stereocenters. The normalized spacial score (nSPS) is 16.2. The summed E-state index contributed by atoms with van der Waals surface area (Å²) in [6.07, 6.45) is -4.35. The summed E-state index contributed by atoms with van der Waals surface area (Å²) in [4.78, 5) is 17.5. The van der Waals surface area contributed by atoms with Crippen molar-refractivity contribution >= 4 is 23.2 Å². The molecule has 32 heavy (non-hydrogen) atoms. The van der Waals surface area contributed by atoms with Crippen LogP contribution in [0.15, 0.2) is 67.6 Å². The number of aromatic hydroxyl groups is 1. The van der Waals surface area contributed by atoms with Crippen molar-refractivity contribution in [2.75, 3.05) is 7.11 Å². The minimum absolute atomic E-state index is 0.0789. The Kier molecular flexibility index (Phi) is 5.77. The maximum Gasteiger partial charge on any atom is 0.416 e. The summed E-state index contributed by atoms with van der Waals surface area (Å²) in [5.74, 6) is 0.547. The molecule has 1 atom stereocenters. The van der Waals surface area contributed by atoms with Gasteiger partial charge in [-0.3, -0.25) is 4.99 Å². The lowest BCUT2D eigenvalue weighted by molar-refractivity contribution is -0.137. The van der Waals surface area contributed by atoms with E-state index in [1.807, 2.05) is 12.1 Å². The largest absolute Gasteiger partial charge is 0.507 e. The van der Waals surface area contributed by atoms with E-state index in [0.29, 0.717) is 10.6 Å². The molecule has 9 heteroatoms. The Balaban J connectivity index is 1.88. The Morgan fingerprint density at radius 1 is 1.16 bits per heavy atom. The molecule has 1 aliphatic rings. The average Bonchev–Trinajstić information content (AvgIpc) is 2.91. The number of nitrogens with zero attached hydrogens (tertiary/aromatic N) is 1. The van der Waals surface area contributed by atoms with E-state index in [1.165, 1.54) is 30.8 Å². The zero-order valence-electron chi connectivity index (χ0n) is 17.1. The lowest BCUT2D eigenvalue weighted by atomic mass is 10.0. The van der Waals surface area contributed by atoms with Gasteiger partial charge in [0.15, 0.2) is 0 Å². The first kappa shape index (κ1) is 22.0. The minimum atomic E-state index is -4.54. The molecule has 2 aromatic carbocycles. The third-order valence-electron chi connectivity index (χ3n) is 5.02. The van der Waals surface area contributed by atoms with E-state index in [-0.39, 0.29) is 40.1 Å². The number of hydrogen-bond acceptors (Lipinski definition) is 6. The number of benzene rings is 2. The number of halogens is 3. The van der Waals surface area contributed by atoms with E-state index in [1.54, 1.807) is 19.2 Å². The zero-order valence-corrected chi connectivity index (χ0v) is 17.9. The number of fused-ring (bicyclic) bond motifs is 1. The lowest BCUT2D eigenvalue weighted by Gasteiger charge is -2.17. The summed E-state index contributed by atoms with van der Waals surface area (Å²) >= 11 is 1.34. The number of aryl methyl sites for hydroxylation is 1. The highest BCUT2D eigenvalue weighted by molar-refractivity contribution is 7.99. The van der Waals surface area contributed by atoms with Crippen molar-refractivity contribution in [1.82, 2.24) is 0 Å². The van der Waals surface area contributed by atoms with Crippen LogP contribution in [-0.4, -0.2) is 17.9 Å². The molecule has 0 saturated carbocycles. The van der Waals surface area contributed by atoms with Crippen molar-refractivity contribution in [3.8, 4) is 11.5 Å². The molecular weight excluding hydrogens is 443 g/mol. The average molecular weight is 461 g/mol. The van der Waals surface area contributed by atoms with Gasteiger partial charge in [0.2, 0.25) is 0 Å². The molecule has 2 heterocycles. The van der Waals surface area contributed by atoms with Gasteiger partial charge in [-0.2, -0.15) is 13.2 Å². The number of rotatable bonds is 3. The summed E-state index contributed by atoms with van der Waals surface area (Å²) in [6.45, 7) is 1.51. The van der Waals surface area contributed by atoms with Crippen molar-refractivity contribution < 1.29 is 27.4 Å². The van der Waals surface area contributed by atoms with E-state index >= 15 is 0 Å². The molecule has 0 aliphatic carbocycles. The van der Waals surface area contributed by atoms with E-state index in [4.69, 9.17) is 9.15 Å². The predicted molar refractivity (Wildman–Crippen MR) is 115 cm³/mol. The Labute approximate surface area is 185 Å². The van der Waals surface area contributed by atoms with E-state index in [2.05, 4.69) is 4.99 Å². The molecule has 0 fully saturated rings. The van der Waals surface area contributed by atoms with Crippen LogP contribution < -0.4 is 10.4 Å². The van der Waals surface area contributed by atoms with Crippen LogP contribution in [0.2, 0.25) is 0 Å². The Morgan fingerprint density at radius 2 is 1.88 bits per heavy atom. The second kappa shape index (κ2) is 8.38. The molecule has 0 bridgehead atoms. The third kappa shape index (κ3) is 4.38. The highest BCUT2D eigenvalue weighted by Gasteiger charge is 2.33. The fourth-order valence-corrected chi connectivity index (χ4v) is 4.68. The number of alkyl halides is 3. The Morgan fingerprint density at radius 3 is 2.50 bits per heavy atom. The molecule has 166 valence electrons. The molecule has 4 rings (SSSR count). The molecule has 1 N–H and O–H groups in total. The maximum absolute atomic E-state index is 13.3. The minimum Gasteiger partial charge on any atom is -0.507 e. The monoisotopic (exact) mass is 461 g/mol. The second-order valence-electron chi connectivity index (χ2n) is 7.23. The summed E-state index contributed by atoms with van der Waals surface area (Å²) in [6, 6.07) is 11.9. The van der Waals surface area contributed by atoms with Gasteiger partial charge < -0.3 is 14.3 Å². The van der Waals surface area contributed by atoms with Crippen LogP contribution in [-0.2, 0) is 6.18 Å². The van der Waals surface area contributed by atoms with Crippen molar-refractivity contribution in [2.45, 2.75) is 29.7 Å². The molecule has 5 nitrogen and oxygen atoms in total. The highest BCUT2D eigenvalue weighted by Crippen LogP contribution is 2.47. The maximum atomic E-state index is 13.3. The molecule has 0 spiro atoms. The van der Waals surface area contributed by atoms with Crippen molar-refractivity contribution in [2.24, 2.45) is 4.99 Å². The second-order valence-corrected chi connectivity index (χ2v) is 8.47. The topological polar surface area (TPSA) is 72.0 Å². The summed E-state index contributed by atoms with van der Waals surface area (Å²) in [5.41, 5.74) is -0.691. The molecule has 3 aromatic rings. The number of ether oxygens (including phenoxy) is 1. The molecule has 1 aromatic heterocycles. The number of hydrogen-bond donors (Lipinski definition) is 1. The standard InChI is InChI=1S/C23H18F3NO4S/c1-12-9-18(28)21(22(29)31-12)17-11-20(13-3-6-15(30-2)7-4-13)32-19-8-5-14(23(24,25)26)10-16(19)27-17/h3-10,20,28H,11H2,1-2H3/t20-/m0/s1. The molecule has 0 saturated heterocycles. The highest BCUT2D eigenvalue weighted by atomic mass is 32.2. The summed E-state index contributed by atoms with van der Waals surface area (Å²) in [7, 11) is 1.55. The number of aliphatic imine (C=N–C) groups is 1. The van der Waals surface area contributed by atoms with Gasteiger partial charge in [-0.25, -0.2) is 4.79 Å². The van der Waals surface area contributed by atoms with Crippen LogP contribution in [0.5, 0.6) is 11.5 Å². The van der Waals surface area contributed by atoms with Crippen molar-refractivity contribution in [3.63, 3.8) is 0 Å². The van der Waals surface area contributed by atoms with Crippen molar-refractivity contribution in [1.29, 1.82) is 0 Å². The van der Waals surface area contributed by atoms with Crippen LogP contribution in [0.4, 0.5) is 18.9 Å². The first-order valence-corrected chi connectivity index (χ1v) is 10.5. The lowest BCUT2D eigenvalue weighted by Crippen LogP contribution is -2.17. The van der Waals surface area contributed by atoms with Gasteiger partial charge in [-0.15, -0.1) is 11.8 Å². The van der Waals surface area contributed by atoms with Gasteiger partial charge in [0, 0.05) is 22.6 Å². The number of methoxy groups -OCH3 is 1. The van der Waals surface area contributed by atoms with Crippen LogP contribution in [0.25, 0.3) is 0 Å². The quantitative estimate of drug-likeness (QED) is 0.515. The van der Waals surface area contributed by atoms with Crippen LogP contribution in [0.1, 0.15) is 34.1 Å². The fourth-order valence-electron chi connectivity index (χ4n) is 3.47. The van der Waals surface area contributed by atoms with Gasteiger partial charge in [0.05, 0.1) is 24.1 Å². The molecule has 0 radical (unpaired) electrons. The van der Waals surface area contributed by atoms with Gasteiger partial charge in [0.1, 0.15) is 22.8 Å². The Bertz CT molecular complexity index is 1250. The summed E-state index contributed by atoms with van der Waals surface area (Å²) in [5, 5.41) is 10.1. The first-order valence-electron chi connectivity index (χ1n) is 9.59. The first-order chi connectivity index (χ1) is 15.2. The van der Waals surface area contributed by atoms with E-state index in [9.17, 15) is 23.1 Å². The molecule has 0 amide bonds. The SMILES string of the molecule is COc1ccc([C@@H]2CC(c3c(O)cc(C)oc3=O)=Nc3cc(C(F)(F)F)ccc3S2)cc1. The van der Waals surface area contributed by atoms with Crippen molar-refractivity contribution in [3.05, 3.63) is 81.4 Å². The predicted octanol–water partition coefficient (Wildman–Crippen LogP) is 6.04. The van der Waals surface area contributed by atoms with Gasteiger partial charge in [-0.1, -0.05) is 12.1 Å². The zero-order chi connectivity index (χ0) is 23.0. The Hall–Kier alpha value is -3.20. The number of thioether (sulfide) groups is 1. The van der Waals surface area contributed by atoms with Gasteiger partial charge in [-0.05, 0) is 42.8 Å². The van der Waals surface area contributed by atoms with Gasteiger partial charge in [0.25, 0.3) is 0 Å².